The van der Waals surface area contributed by atoms with Gasteiger partial charge in [0.1, 0.15) is 5.75 Å². The van der Waals surface area contributed by atoms with E-state index in [9.17, 15) is 14.4 Å². The Kier molecular flexibility index (Phi) is 6.26. The highest BCUT2D eigenvalue weighted by Crippen LogP contribution is 2.24. The number of carbonyl (C=O) groups excluding carboxylic acids is 3. The lowest BCUT2D eigenvalue weighted by Crippen LogP contribution is -2.48. The molecular formula is C21H23N3O4. The molecule has 3 amide bonds. The van der Waals surface area contributed by atoms with Crippen LogP contribution in [-0.4, -0.2) is 60.8 Å². The molecule has 7 heteroatoms. The van der Waals surface area contributed by atoms with E-state index in [0.29, 0.717) is 55.3 Å². The van der Waals surface area contributed by atoms with Gasteiger partial charge in [-0.05, 0) is 43.3 Å². The molecule has 1 N–H and O–H groups in total. The smallest absolute Gasteiger partial charge is 0.255 e. The molecule has 1 fully saturated rings. The van der Waals surface area contributed by atoms with Gasteiger partial charge in [-0.1, -0.05) is 12.1 Å². The van der Waals surface area contributed by atoms with E-state index in [2.05, 4.69) is 5.32 Å². The standard InChI is InChI=1S/C21H23N3O4/c1-2-28-19-6-4-3-5-18(19)22-20(26)16-7-9-17(10-8-16)21(27)24-13-11-23(15-25)12-14-24/h3-10,15H,2,11-14H2,1H3,(H,22,26). The van der Waals surface area contributed by atoms with Gasteiger partial charge in [-0.3, -0.25) is 14.4 Å². The van der Waals surface area contributed by atoms with Crippen LogP contribution in [0.5, 0.6) is 5.75 Å². The summed E-state index contributed by atoms with van der Waals surface area (Å²) in [6.07, 6.45) is 0.804. The van der Waals surface area contributed by atoms with Crippen molar-refractivity contribution in [2.75, 3.05) is 38.1 Å². The number of hydrogen-bond acceptors (Lipinski definition) is 4. The van der Waals surface area contributed by atoms with Crippen LogP contribution in [0.25, 0.3) is 0 Å². The highest BCUT2D eigenvalue weighted by atomic mass is 16.5. The van der Waals surface area contributed by atoms with Crippen molar-refractivity contribution in [2.24, 2.45) is 0 Å². The average molecular weight is 381 g/mol. The molecule has 1 aliphatic rings. The van der Waals surface area contributed by atoms with Gasteiger partial charge < -0.3 is 19.9 Å². The highest BCUT2D eigenvalue weighted by molar-refractivity contribution is 6.05. The SMILES string of the molecule is CCOc1ccccc1NC(=O)c1ccc(C(=O)N2CCN(C=O)CC2)cc1. The number of para-hydroxylation sites is 2. The summed E-state index contributed by atoms with van der Waals surface area (Å²) >= 11 is 0. The number of carbonyl (C=O) groups is 3. The zero-order chi connectivity index (χ0) is 19.9. The van der Waals surface area contributed by atoms with Gasteiger partial charge in [-0.15, -0.1) is 0 Å². The monoisotopic (exact) mass is 381 g/mol. The third-order valence-corrected chi connectivity index (χ3v) is 4.58. The second-order valence-electron chi connectivity index (χ2n) is 6.39. The minimum absolute atomic E-state index is 0.0980. The van der Waals surface area contributed by atoms with Gasteiger partial charge in [0, 0.05) is 37.3 Å². The number of piperazine rings is 1. The van der Waals surface area contributed by atoms with E-state index in [-0.39, 0.29) is 11.8 Å². The summed E-state index contributed by atoms with van der Waals surface area (Å²) in [6, 6.07) is 13.8. The number of benzene rings is 2. The summed E-state index contributed by atoms with van der Waals surface area (Å²) in [6.45, 7) is 4.48. The molecule has 28 heavy (non-hydrogen) atoms. The Morgan fingerprint density at radius 1 is 1.00 bits per heavy atom. The first-order valence-electron chi connectivity index (χ1n) is 9.24. The van der Waals surface area contributed by atoms with Crippen LogP contribution in [0.3, 0.4) is 0 Å². The fraction of sp³-hybridized carbons (Fsp3) is 0.286. The van der Waals surface area contributed by atoms with Gasteiger partial charge in [-0.25, -0.2) is 0 Å². The number of hydrogen-bond donors (Lipinski definition) is 1. The molecule has 0 unspecified atom stereocenters. The van der Waals surface area contributed by atoms with Crippen molar-refractivity contribution in [1.82, 2.24) is 9.80 Å². The number of amides is 3. The van der Waals surface area contributed by atoms with E-state index in [4.69, 9.17) is 4.74 Å². The molecule has 146 valence electrons. The summed E-state index contributed by atoms with van der Waals surface area (Å²) in [5.74, 6) is 0.240. The molecule has 2 aromatic carbocycles. The molecule has 2 aromatic rings. The maximum atomic E-state index is 12.6. The third kappa shape index (κ3) is 4.49. The molecule has 3 rings (SSSR count). The van der Waals surface area contributed by atoms with Crippen LogP contribution in [0, 0.1) is 0 Å². The summed E-state index contributed by atoms with van der Waals surface area (Å²) in [7, 11) is 0. The predicted molar refractivity (Wildman–Crippen MR) is 106 cm³/mol. The zero-order valence-electron chi connectivity index (χ0n) is 15.8. The van der Waals surface area contributed by atoms with Crippen LogP contribution in [-0.2, 0) is 4.79 Å². The van der Waals surface area contributed by atoms with Crippen LogP contribution < -0.4 is 10.1 Å². The number of nitrogens with one attached hydrogen (secondary N) is 1. The molecule has 0 aromatic heterocycles. The molecule has 0 aliphatic carbocycles. The zero-order valence-corrected chi connectivity index (χ0v) is 15.8. The van der Waals surface area contributed by atoms with E-state index in [1.165, 1.54) is 0 Å². The molecule has 1 saturated heterocycles. The molecule has 0 radical (unpaired) electrons. The molecule has 0 saturated carbocycles. The minimum Gasteiger partial charge on any atom is -0.492 e. The summed E-state index contributed by atoms with van der Waals surface area (Å²) < 4.78 is 5.52. The molecule has 0 spiro atoms. The molecule has 1 aliphatic heterocycles. The van der Waals surface area contributed by atoms with Crippen molar-refractivity contribution in [3.63, 3.8) is 0 Å². The van der Waals surface area contributed by atoms with Crippen LogP contribution >= 0.6 is 0 Å². The van der Waals surface area contributed by atoms with Crippen LogP contribution in [0.15, 0.2) is 48.5 Å². The Labute approximate surface area is 163 Å². The van der Waals surface area contributed by atoms with Gasteiger partial charge in [-0.2, -0.15) is 0 Å². The van der Waals surface area contributed by atoms with Crippen molar-refractivity contribution in [3.05, 3.63) is 59.7 Å². The van der Waals surface area contributed by atoms with Crippen molar-refractivity contribution in [3.8, 4) is 5.75 Å². The Hall–Kier alpha value is -3.35. The van der Waals surface area contributed by atoms with E-state index in [1.807, 2.05) is 19.1 Å². The van der Waals surface area contributed by atoms with E-state index < -0.39 is 0 Å². The summed E-state index contributed by atoms with van der Waals surface area (Å²) in [4.78, 5) is 39.2. The third-order valence-electron chi connectivity index (χ3n) is 4.58. The van der Waals surface area contributed by atoms with Gasteiger partial charge in [0.2, 0.25) is 6.41 Å². The number of rotatable bonds is 6. The first-order chi connectivity index (χ1) is 13.6. The second-order valence-corrected chi connectivity index (χ2v) is 6.39. The normalized spacial score (nSPS) is 13.8. The summed E-state index contributed by atoms with van der Waals surface area (Å²) in [5, 5.41) is 2.84. The Bertz CT molecular complexity index is 843. The summed E-state index contributed by atoms with van der Waals surface area (Å²) in [5.41, 5.74) is 1.57. The molecule has 7 nitrogen and oxygen atoms in total. The van der Waals surface area contributed by atoms with Crippen molar-refractivity contribution < 1.29 is 19.1 Å². The van der Waals surface area contributed by atoms with E-state index in [0.717, 1.165) is 6.41 Å². The van der Waals surface area contributed by atoms with E-state index >= 15 is 0 Å². The second kappa shape index (κ2) is 9.03. The number of anilines is 1. The Balaban J connectivity index is 1.65. The average Bonchev–Trinajstić information content (AvgIpc) is 2.75. The van der Waals surface area contributed by atoms with Crippen LogP contribution in [0.1, 0.15) is 27.6 Å². The Morgan fingerprint density at radius 2 is 1.64 bits per heavy atom. The lowest BCUT2D eigenvalue weighted by molar-refractivity contribution is -0.119. The lowest BCUT2D eigenvalue weighted by Gasteiger charge is -2.32. The van der Waals surface area contributed by atoms with Gasteiger partial charge in [0.25, 0.3) is 11.8 Å². The van der Waals surface area contributed by atoms with Crippen molar-refractivity contribution in [1.29, 1.82) is 0 Å². The van der Waals surface area contributed by atoms with Gasteiger partial charge in [0.15, 0.2) is 0 Å². The first-order valence-corrected chi connectivity index (χ1v) is 9.24. The molecule has 1 heterocycles. The predicted octanol–water partition coefficient (Wildman–Crippen LogP) is 2.25. The van der Waals surface area contributed by atoms with Crippen molar-refractivity contribution in [2.45, 2.75) is 6.92 Å². The van der Waals surface area contributed by atoms with Crippen LogP contribution in [0.2, 0.25) is 0 Å². The fourth-order valence-electron chi connectivity index (χ4n) is 3.02. The van der Waals surface area contributed by atoms with Gasteiger partial charge >= 0.3 is 0 Å². The first kappa shape index (κ1) is 19.4. The minimum atomic E-state index is -0.272. The Morgan fingerprint density at radius 3 is 2.29 bits per heavy atom. The topological polar surface area (TPSA) is 79.0 Å². The van der Waals surface area contributed by atoms with E-state index in [1.54, 1.807) is 46.2 Å². The number of nitrogens with zero attached hydrogens (tertiary/aromatic N) is 2. The fourth-order valence-corrected chi connectivity index (χ4v) is 3.02. The highest BCUT2D eigenvalue weighted by Gasteiger charge is 2.21. The van der Waals surface area contributed by atoms with Gasteiger partial charge in [0.05, 0.1) is 12.3 Å². The number of ether oxygens (including phenoxy) is 1. The molecule has 0 bridgehead atoms. The maximum Gasteiger partial charge on any atom is 0.255 e. The lowest BCUT2D eigenvalue weighted by atomic mass is 10.1. The quantitative estimate of drug-likeness (QED) is 0.779. The van der Waals surface area contributed by atoms with Crippen molar-refractivity contribution >= 4 is 23.9 Å². The largest absolute Gasteiger partial charge is 0.492 e. The van der Waals surface area contributed by atoms with Crippen LogP contribution in [0.4, 0.5) is 5.69 Å². The molecule has 0 atom stereocenters. The maximum absolute atomic E-state index is 12.6. The molecular weight excluding hydrogens is 358 g/mol.